The van der Waals surface area contributed by atoms with Crippen LogP contribution in [0.2, 0.25) is 0 Å². The topological polar surface area (TPSA) is 72.2 Å². The second-order valence-corrected chi connectivity index (χ2v) is 5.98. The number of nitrogens with one attached hydrogen (secondary N) is 1. The Morgan fingerprint density at radius 2 is 2.22 bits per heavy atom. The van der Waals surface area contributed by atoms with Crippen LogP contribution in [0.25, 0.3) is 0 Å². The normalized spacial score (nSPS) is 14.9. The summed E-state index contributed by atoms with van der Waals surface area (Å²) in [6.07, 6.45) is 0. The summed E-state index contributed by atoms with van der Waals surface area (Å²) in [4.78, 5) is 24.6. The average molecular weight is 264 g/mol. The van der Waals surface area contributed by atoms with Crippen LogP contribution < -0.4 is 11.1 Å². The van der Waals surface area contributed by atoms with E-state index in [0.717, 1.165) is 10.6 Å². The Morgan fingerprint density at radius 3 is 2.89 bits per heavy atom. The van der Waals surface area contributed by atoms with Crippen LogP contribution in [0.1, 0.15) is 24.2 Å². The molecule has 0 aromatic heterocycles. The van der Waals surface area contributed by atoms with Crippen LogP contribution in [0.4, 0.5) is 5.69 Å². The monoisotopic (exact) mass is 264 g/mol. The van der Waals surface area contributed by atoms with Gasteiger partial charge in [-0.15, -0.1) is 11.8 Å². The first-order valence-electron chi connectivity index (χ1n) is 5.75. The molecule has 4 nitrogen and oxygen atoms in total. The van der Waals surface area contributed by atoms with Gasteiger partial charge >= 0.3 is 0 Å². The Labute approximate surface area is 110 Å². The first-order chi connectivity index (χ1) is 8.44. The van der Waals surface area contributed by atoms with Gasteiger partial charge in [0.15, 0.2) is 5.78 Å². The second kappa shape index (κ2) is 4.74. The van der Waals surface area contributed by atoms with Crippen molar-refractivity contribution in [2.24, 2.45) is 11.1 Å². The van der Waals surface area contributed by atoms with Gasteiger partial charge in [0.05, 0.1) is 11.4 Å². The number of nitrogens with two attached hydrogens (primary N) is 1. The molecule has 0 bridgehead atoms. The molecule has 0 radical (unpaired) electrons. The van der Waals surface area contributed by atoms with Crippen molar-refractivity contribution in [3.8, 4) is 0 Å². The lowest BCUT2D eigenvalue weighted by atomic mass is 9.84. The molecule has 0 unspecified atom stereocenters. The standard InChI is InChI=1S/C13H16N2O2S/c1-13(2,7-14)12(17)8-3-4-10-9(5-8)15-11(16)6-18-10/h3-5H,6-7,14H2,1-2H3,(H,15,16). The third kappa shape index (κ3) is 2.42. The van der Waals surface area contributed by atoms with Gasteiger partial charge in [-0.25, -0.2) is 0 Å². The molecule has 0 spiro atoms. The summed E-state index contributed by atoms with van der Waals surface area (Å²) < 4.78 is 0. The van der Waals surface area contributed by atoms with Crippen LogP contribution in [-0.2, 0) is 4.79 Å². The molecule has 1 heterocycles. The summed E-state index contributed by atoms with van der Waals surface area (Å²) in [7, 11) is 0. The van der Waals surface area contributed by atoms with Crippen molar-refractivity contribution in [1.29, 1.82) is 0 Å². The number of Topliss-reactive ketones (excluding diaryl/α,β-unsaturated/α-hetero) is 1. The van der Waals surface area contributed by atoms with E-state index in [-0.39, 0.29) is 11.7 Å². The number of amides is 1. The van der Waals surface area contributed by atoms with E-state index < -0.39 is 5.41 Å². The highest BCUT2D eigenvalue weighted by Crippen LogP contribution is 2.33. The van der Waals surface area contributed by atoms with Gasteiger partial charge in [0.2, 0.25) is 5.91 Å². The summed E-state index contributed by atoms with van der Waals surface area (Å²) in [6.45, 7) is 3.94. The number of hydrogen-bond donors (Lipinski definition) is 2. The minimum Gasteiger partial charge on any atom is -0.329 e. The van der Waals surface area contributed by atoms with Crippen molar-refractivity contribution < 1.29 is 9.59 Å². The highest BCUT2D eigenvalue weighted by atomic mass is 32.2. The molecule has 1 aliphatic heterocycles. The van der Waals surface area contributed by atoms with Crippen LogP contribution in [-0.4, -0.2) is 24.0 Å². The molecule has 18 heavy (non-hydrogen) atoms. The maximum atomic E-state index is 12.3. The predicted octanol–water partition coefficient (Wildman–Crippen LogP) is 1.90. The fourth-order valence-corrected chi connectivity index (χ4v) is 2.50. The van der Waals surface area contributed by atoms with E-state index in [0.29, 0.717) is 17.9 Å². The van der Waals surface area contributed by atoms with Crippen molar-refractivity contribution in [3.05, 3.63) is 23.8 Å². The van der Waals surface area contributed by atoms with Crippen molar-refractivity contribution in [2.75, 3.05) is 17.6 Å². The number of thioether (sulfide) groups is 1. The summed E-state index contributed by atoms with van der Waals surface area (Å²) in [5, 5.41) is 2.78. The van der Waals surface area contributed by atoms with Crippen LogP contribution in [0.15, 0.2) is 23.1 Å². The average Bonchev–Trinajstić information content (AvgIpc) is 2.36. The second-order valence-electron chi connectivity index (χ2n) is 4.96. The third-order valence-corrected chi connectivity index (χ3v) is 4.07. The van der Waals surface area contributed by atoms with Crippen LogP contribution in [0, 0.1) is 5.41 Å². The first-order valence-corrected chi connectivity index (χ1v) is 6.74. The Kier molecular flexibility index (Phi) is 3.45. The summed E-state index contributed by atoms with van der Waals surface area (Å²) in [5.41, 5.74) is 6.33. The summed E-state index contributed by atoms with van der Waals surface area (Å²) >= 11 is 1.48. The summed E-state index contributed by atoms with van der Waals surface area (Å²) in [6, 6.07) is 5.40. The number of anilines is 1. The van der Waals surface area contributed by atoms with E-state index in [9.17, 15) is 9.59 Å². The molecule has 0 saturated carbocycles. The van der Waals surface area contributed by atoms with E-state index in [2.05, 4.69) is 5.32 Å². The number of hydrogen-bond acceptors (Lipinski definition) is 4. The van der Waals surface area contributed by atoms with Crippen LogP contribution >= 0.6 is 11.8 Å². The largest absolute Gasteiger partial charge is 0.329 e. The van der Waals surface area contributed by atoms with Gasteiger partial charge in [0, 0.05) is 22.4 Å². The maximum Gasteiger partial charge on any atom is 0.234 e. The number of carbonyl (C=O) groups is 2. The number of rotatable bonds is 3. The van der Waals surface area contributed by atoms with Gasteiger partial charge in [-0.1, -0.05) is 19.9 Å². The Bertz CT molecular complexity index is 512. The van der Waals surface area contributed by atoms with Gasteiger partial charge < -0.3 is 11.1 Å². The number of ketones is 1. The molecule has 2 rings (SSSR count). The zero-order valence-electron chi connectivity index (χ0n) is 10.4. The van der Waals surface area contributed by atoms with Crippen molar-refractivity contribution in [3.63, 3.8) is 0 Å². The molecule has 1 aromatic carbocycles. The minimum absolute atomic E-state index is 0.00220. The molecule has 0 aliphatic carbocycles. The molecule has 0 fully saturated rings. The maximum absolute atomic E-state index is 12.3. The molecular formula is C13H16N2O2S. The zero-order chi connectivity index (χ0) is 13.3. The molecule has 96 valence electrons. The molecule has 1 aliphatic rings. The van der Waals surface area contributed by atoms with E-state index >= 15 is 0 Å². The smallest absolute Gasteiger partial charge is 0.234 e. The van der Waals surface area contributed by atoms with E-state index in [1.165, 1.54) is 11.8 Å². The number of fused-ring (bicyclic) bond motifs is 1. The predicted molar refractivity (Wildman–Crippen MR) is 73.0 cm³/mol. The Hall–Kier alpha value is -1.33. The van der Waals surface area contributed by atoms with Gasteiger partial charge in [-0.05, 0) is 12.1 Å². The van der Waals surface area contributed by atoms with Gasteiger partial charge in [0.25, 0.3) is 0 Å². The highest BCUT2D eigenvalue weighted by molar-refractivity contribution is 8.00. The molecule has 1 aromatic rings. The Balaban J connectivity index is 2.34. The summed E-state index contributed by atoms with van der Waals surface area (Å²) in [5.74, 6) is 0.391. The fraction of sp³-hybridized carbons (Fsp3) is 0.385. The molecule has 3 N–H and O–H groups in total. The lowest BCUT2D eigenvalue weighted by molar-refractivity contribution is -0.113. The van der Waals surface area contributed by atoms with Gasteiger partial charge in [-0.2, -0.15) is 0 Å². The molecule has 1 amide bonds. The quantitative estimate of drug-likeness (QED) is 0.818. The molecule has 5 heteroatoms. The zero-order valence-corrected chi connectivity index (χ0v) is 11.3. The number of benzene rings is 1. The van der Waals surface area contributed by atoms with E-state index in [1.807, 2.05) is 19.9 Å². The number of carbonyl (C=O) groups excluding carboxylic acids is 2. The van der Waals surface area contributed by atoms with Crippen LogP contribution in [0.5, 0.6) is 0 Å². The Morgan fingerprint density at radius 1 is 1.50 bits per heavy atom. The van der Waals surface area contributed by atoms with Gasteiger partial charge in [-0.3, -0.25) is 9.59 Å². The molecule has 0 atom stereocenters. The molecular weight excluding hydrogens is 248 g/mol. The van der Waals surface area contributed by atoms with Crippen molar-refractivity contribution >= 4 is 29.1 Å². The van der Waals surface area contributed by atoms with E-state index in [4.69, 9.17) is 5.73 Å². The lowest BCUT2D eigenvalue weighted by Crippen LogP contribution is -2.32. The fourth-order valence-electron chi connectivity index (χ4n) is 1.71. The first kappa shape index (κ1) is 13.1. The minimum atomic E-state index is -0.583. The van der Waals surface area contributed by atoms with E-state index in [1.54, 1.807) is 12.1 Å². The van der Waals surface area contributed by atoms with Gasteiger partial charge in [0.1, 0.15) is 0 Å². The lowest BCUT2D eigenvalue weighted by Gasteiger charge is -2.22. The molecule has 0 saturated heterocycles. The van der Waals surface area contributed by atoms with Crippen molar-refractivity contribution in [1.82, 2.24) is 0 Å². The third-order valence-electron chi connectivity index (χ3n) is 3.00. The van der Waals surface area contributed by atoms with Crippen LogP contribution in [0.3, 0.4) is 0 Å². The van der Waals surface area contributed by atoms with Crippen molar-refractivity contribution in [2.45, 2.75) is 18.7 Å². The highest BCUT2D eigenvalue weighted by Gasteiger charge is 2.28. The SMILES string of the molecule is CC(C)(CN)C(=O)c1ccc2c(c1)NC(=O)CS2.